The van der Waals surface area contributed by atoms with Gasteiger partial charge in [-0.15, -0.1) is 6.58 Å². The second kappa shape index (κ2) is 3.44. The van der Waals surface area contributed by atoms with Gasteiger partial charge in [0.2, 0.25) is 0 Å². The van der Waals surface area contributed by atoms with Crippen molar-refractivity contribution in [3.63, 3.8) is 0 Å². The van der Waals surface area contributed by atoms with E-state index in [1.165, 1.54) is 11.1 Å². The Morgan fingerprint density at radius 1 is 1.08 bits per heavy atom. The number of fused-ring (bicyclic) bond motifs is 1. The second-order valence-corrected chi connectivity index (χ2v) is 3.13. The van der Waals surface area contributed by atoms with Crippen molar-refractivity contribution >= 4 is 0 Å². The molecule has 0 amide bonds. The molecule has 0 nitrogen and oxygen atoms in total. The quantitative estimate of drug-likeness (QED) is 0.527. The first kappa shape index (κ1) is 8.06. The summed E-state index contributed by atoms with van der Waals surface area (Å²) in [4.78, 5) is 0. The molecule has 64 valence electrons. The minimum atomic E-state index is 0.368. The van der Waals surface area contributed by atoms with Crippen LogP contribution in [0.5, 0.6) is 0 Å². The van der Waals surface area contributed by atoms with Gasteiger partial charge in [-0.25, -0.2) is 0 Å². The van der Waals surface area contributed by atoms with E-state index >= 15 is 0 Å². The monoisotopic (exact) mass is 168 g/mol. The molecule has 0 bridgehead atoms. The predicted octanol–water partition coefficient (Wildman–Crippen LogP) is 3.34. The van der Waals surface area contributed by atoms with Crippen LogP contribution in [0, 0.1) is 5.92 Å². The van der Waals surface area contributed by atoms with E-state index in [4.69, 9.17) is 0 Å². The van der Waals surface area contributed by atoms with E-state index in [9.17, 15) is 0 Å². The third-order valence-electron chi connectivity index (χ3n) is 2.31. The lowest BCUT2D eigenvalue weighted by Crippen LogP contribution is -2.02. The summed E-state index contributed by atoms with van der Waals surface area (Å²) >= 11 is 0. The molecular formula is C13H12. The fourth-order valence-electron chi connectivity index (χ4n) is 1.62. The Labute approximate surface area is 79.0 Å². The van der Waals surface area contributed by atoms with Crippen LogP contribution in [0.4, 0.5) is 0 Å². The first-order chi connectivity index (χ1) is 6.42. The molecule has 0 radical (unpaired) electrons. The van der Waals surface area contributed by atoms with E-state index in [1.807, 2.05) is 12.2 Å². The van der Waals surface area contributed by atoms with E-state index < -0.39 is 0 Å². The first-order valence-electron chi connectivity index (χ1n) is 4.48. The fourth-order valence-corrected chi connectivity index (χ4v) is 1.62. The SMILES string of the molecule is C=CC1C=CC=C2C=CC=CC=C21. The lowest BCUT2D eigenvalue weighted by atomic mass is 9.88. The molecule has 13 heavy (non-hydrogen) atoms. The van der Waals surface area contributed by atoms with Crippen molar-refractivity contribution in [1.29, 1.82) is 0 Å². The first-order valence-corrected chi connectivity index (χ1v) is 4.48. The van der Waals surface area contributed by atoms with E-state index in [-0.39, 0.29) is 0 Å². The highest BCUT2D eigenvalue weighted by Crippen LogP contribution is 2.28. The fraction of sp³-hybridized carbons (Fsp3) is 0.0769. The van der Waals surface area contributed by atoms with Crippen molar-refractivity contribution in [2.24, 2.45) is 5.92 Å². The smallest absolute Gasteiger partial charge is 0.0205 e. The highest BCUT2D eigenvalue weighted by Gasteiger charge is 2.12. The normalized spacial score (nSPS) is 24.5. The Morgan fingerprint density at radius 3 is 2.85 bits per heavy atom. The summed E-state index contributed by atoms with van der Waals surface area (Å²) in [5.41, 5.74) is 2.62. The molecule has 1 unspecified atom stereocenters. The van der Waals surface area contributed by atoms with Crippen LogP contribution in [-0.4, -0.2) is 0 Å². The van der Waals surface area contributed by atoms with Gasteiger partial charge >= 0.3 is 0 Å². The lowest BCUT2D eigenvalue weighted by molar-refractivity contribution is 0.980. The Hall–Kier alpha value is -1.56. The molecule has 0 spiro atoms. The van der Waals surface area contributed by atoms with Gasteiger partial charge in [0, 0.05) is 5.92 Å². The van der Waals surface area contributed by atoms with Gasteiger partial charge in [-0.2, -0.15) is 0 Å². The molecule has 0 heterocycles. The van der Waals surface area contributed by atoms with Crippen molar-refractivity contribution < 1.29 is 0 Å². The average Bonchev–Trinajstić information content (AvgIpc) is 2.41. The Bertz CT molecular complexity index is 359. The third-order valence-corrected chi connectivity index (χ3v) is 2.31. The highest BCUT2D eigenvalue weighted by atomic mass is 14.2. The second-order valence-electron chi connectivity index (χ2n) is 3.13. The summed E-state index contributed by atoms with van der Waals surface area (Å²) < 4.78 is 0. The van der Waals surface area contributed by atoms with E-state index in [1.54, 1.807) is 0 Å². The zero-order chi connectivity index (χ0) is 9.10. The zero-order valence-electron chi connectivity index (χ0n) is 7.48. The maximum atomic E-state index is 3.84. The summed E-state index contributed by atoms with van der Waals surface area (Å²) in [5, 5.41) is 0. The molecule has 0 saturated carbocycles. The van der Waals surface area contributed by atoms with Gasteiger partial charge in [0.1, 0.15) is 0 Å². The number of rotatable bonds is 1. The van der Waals surface area contributed by atoms with Crippen LogP contribution < -0.4 is 0 Å². The number of hydrogen-bond acceptors (Lipinski definition) is 0. The van der Waals surface area contributed by atoms with Gasteiger partial charge in [-0.1, -0.05) is 54.7 Å². The molecule has 0 fully saturated rings. The summed E-state index contributed by atoms with van der Waals surface area (Å²) in [7, 11) is 0. The van der Waals surface area contributed by atoms with Crippen LogP contribution in [0.1, 0.15) is 0 Å². The van der Waals surface area contributed by atoms with Crippen LogP contribution in [-0.2, 0) is 0 Å². The standard InChI is InChI=1S/C13H12/c1-2-11-8-6-9-12-7-4-3-5-10-13(11)12/h2-11H,1H2. The lowest BCUT2D eigenvalue weighted by Gasteiger charge is -2.16. The summed E-state index contributed by atoms with van der Waals surface area (Å²) in [5.74, 6) is 0.368. The molecule has 1 atom stereocenters. The van der Waals surface area contributed by atoms with Crippen molar-refractivity contribution in [3.05, 3.63) is 72.4 Å². The predicted molar refractivity (Wildman–Crippen MR) is 57.3 cm³/mol. The maximum Gasteiger partial charge on any atom is 0.0205 e. The van der Waals surface area contributed by atoms with Gasteiger partial charge < -0.3 is 0 Å². The van der Waals surface area contributed by atoms with Crippen LogP contribution >= 0.6 is 0 Å². The molecule has 2 aliphatic carbocycles. The van der Waals surface area contributed by atoms with Crippen LogP contribution in [0.15, 0.2) is 72.4 Å². The van der Waals surface area contributed by atoms with Gasteiger partial charge in [0.05, 0.1) is 0 Å². The molecule has 2 aliphatic rings. The van der Waals surface area contributed by atoms with Crippen molar-refractivity contribution in [3.8, 4) is 0 Å². The maximum absolute atomic E-state index is 3.84. The molecule has 0 aliphatic heterocycles. The Balaban J connectivity index is 2.46. The average molecular weight is 168 g/mol. The molecule has 2 rings (SSSR count). The van der Waals surface area contributed by atoms with Crippen LogP contribution in [0.3, 0.4) is 0 Å². The van der Waals surface area contributed by atoms with Crippen LogP contribution in [0.25, 0.3) is 0 Å². The third kappa shape index (κ3) is 1.48. The molecule has 0 aromatic heterocycles. The van der Waals surface area contributed by atoms with Crippen molar-refractivity contribution in [2.45, 2.75) is 0 Å². The van der Waals surface area contributed by atoms with Gasteiger partial charge in [-0.3, -0.25) is 0 Å². The van der Waals surface area contributed by atoms with Crippen LogP contribution in [0.2, 0.25) is 0 Å². The number of hydrogen-bond donors (Lipinski definition) is 0. The summed E-state index contributed by atoms with van der Waals surface area (Å²) in [6, 6.07) is 0. The van der Waals surface area contributed by atoms with E-state index in [0.717, 1.165) is 0 Å². The summed E-state index contributed by atoms with van der Waals surface area (Å²) in [6.07, 6.45) is 18.8. The minimum Gasteiger partial charge on any atom is -0.102 e. The van der Waals surface area contributed by atoms with Gasteiger partial charge in [-0.05, 0) is 11.1 Å². The Kier molecular flexibility index (Phi) is 2.13. The molecule has 0 aromatic carbocycles. The number of allylic oxidation sites excluding steroid dienone is 11. The van der Waals surface area contributed by atoms with Gasteiger partial charge in [0.15, 0.2) is 0 Å². The molecule has 0 saturated heterocycles. The minimum absolute atomic E-state index is 0.368. The largest absolute Gasteiger partial charge is 0.102 e. The molecule has 0 aromatic rings. The molecule has 0 heteroatoms. The van der Waals surface area contributed by atoms with E-state index in [2.05, 4.69) is 49.1 Å². The van der Waals surface area contributed by atoms with Crippen molar-refractivity contribution in [1.82, 2.24) is 0 Å². The highest BCUT2D eigenvalue weighted by molar-refractivity contribution is 5.52. The zero-order valence-corrected chi connectivity index (χ0v) is 7.48. The molecular weight excluding hydrogens is 156 g/mol. The topological polar surface area (TPSA) is 0 Å². The Morgan fingerprint density at radius 2 is 2.00 bits per heavy atom. The van der Waals surface area contributed by atoms with E-state index in [0.29, 0.717) is 5.92 Å². The summed E-state index contributed by atoms with van der Waals surface area (Å²) in [6.45, 7) is 3.84. The van der Waals surface area contributed by atoms with Crippen molar-refractivity contribution in [2.75, 3.05) is 0 Å². The molecule has 0 N–H and O–H groups in total. The van der Waals surface area contributed by atoms with Gasteiger partial charge in [0.25, 0.3) is 0 Å².